The highest BCUT2D eigenvalue weighted by Crippen LogP contribution is 2.22. The number of rotatable bonds is 4. The third-order valence-corrected chi connectivity index (χ3v) is 2.76. The molecule has 1 aromatic carbocycles. The van der Waals surface area contributed by atoms with Crippen LogP contribution in [0, 0.1) is 0 Å². The average molecular weight is 251 g/mol. The Morgan fingerprint density at radius 2 is 2.00 bits per heavy atom. The van der Waals surface area contributed by atoms with Crippen molar-refractivity contribution in [1.82, 2.24) is 9.97 Å². The number of aromatic nitrogens is 2. The Kier molecular flexibility index (Phi) is 2.90. The number of anilines is 2. The Morgan fingerprint density at radius 3 is 2.79 bits per heavy atom. The lowest BCUT2D eigenvalue weighted by Crippen LogP contribution is -1.91. The molecule has 3 rings (SSSR count). The predicted molar refractivity (Wildman–Crippen MR) is 76.6 cm³/mol. The second-order valence-electron chi connectivity index (χ2n) is 4.07. The lowest BCUT2D eigenvalue weighted by atomic mass is 10.2. The van der Waals surface area contributed by atoms with E-state index in [4.69, 9.17) is 4.74 Å². The molecule has 19 heavy (non-hydrogen) atoms. The minimum absolute atomic E-state index is 0.764. The first-order chi connectivity index (χ1) is 9.35. The van der Waals surface area contributed by atoms with Crippen LogP contribution in [0.5, 0.6) is 5.75 Å². The van der Waals surface area contributed by atoms with Crippen molar-refractivity contribution in [3.05, 3.63) is 61.6 Å². The van der Waals surface area contributed by atoms with E-state index in [1.165, 1.54) is 6.26 Å². The van der Waals surface area contributed by atoms with Gasteiger partial charge in [-0.25, -0.2) is 4.98 Å². The zero-order valence-electron chi connectivity index (χ0n) is 10.3. The number of ether oxygens (including phenoxy) is 1. The Balaban J connectivity index is 1.81. The summed E-state index contributed by atoms with van der Waals surface area (Å²) in [7, 11) is 0. The van der Waals surface area contributed by atoms with Crippen LogP contribution in [-0.4, -0.2) is 9.97 Å². The first-order valence-corrected chi connectivity index (χ1v) is 5.93. The van der Waals surface area contributed by atoms with Crippen LogP contribution in [0.3, 0.4) is 0 Å². The Labute approximate surface area is 110 Å². The van der Waals surface area contributed by atoms with Crippen LogP contribution >= 0.6 is 0 Å². The zero-order valence-corrected chi connectivity index (χ0v) is 10.3. The van der Waals surface area contributed by atoms with Gasteiger partial charge in [-0.05, 0) is 36.4 Å². The van der Waals surface area contributed by atoms with Gasteiger partial charge >= 0.3 is 0 Å². The van der Waals surface area contributed by atoms with Crippen molar-refractivity contribution >= 4 is 22.4 Å². The van der Waals surface area contributed by atoms with Gasteiger partial charge in [-0.1, -0.05) is 6.58 Å². The molecule has 0 saturated carbocycles. The molecule has 0 aliphatic heterocycles. The fourth-order valence-electron chi connectivity index (χ4n) is 1.89. The maximum Gasteiger partial charge on any atom is 0.137 e. The summed E-state index contributed by atoms with van der Waals surface area (Å²) in [5.41, 5.74) is 2.82. The van der Waals surface area contributed by atoms with Crippen molar-refractivity contribution in [2.45, 2.75) is 0 Å². The number of H-pyrrole nitrogens is 1. The van der Waals surface area contributed by atoms with Crippen LogP contribution in [0.4, 0.5) is 11.4 Å². The van der Waals surface area contributed by atoms with Gasteiger partial charge in [0, 0.05) is 17.3 Å². The van der Waals surface area contributed by atoms with Gasteiger partial charge in [0.1, 0.15) is 11.4 Å². The lowest BCUT2D eigenvalue weighted by Gasteiger charge is -2.07. The van der Waals surface area contributed by atoms with Crippen molar-refractivity contribution in [3.63, 3.8) is 0 Å². The monoisotopic (exact) mass is 251 g/mol. The number of nitrogens with one attached hydrogen (secondary N) is 2. The fraction of sp³-hybridized carbons (Fsp3) is 0. The summed E-state index contributed by atoms with van der Waals surface area (Å²) >= 11 is 0. The third kappa shape index (κ3) is 2.42. The molecular formula is C15H13N3O. The quantitative estimate of drug-likeness (QED) is 0.693. The number of benzene rings is 1. The minimum atomic E-state index is 0.764. The van der Waals surface area contributed by atoms with Gasteiger partial charge in [0.15, 0.2) is 0 Å². The second-order valence-corrected chi connectivity index (χ2v) is 4.07. The molecule has 0 spiro atoms. The Bertz CT molecular complexity index is 701. The topological polar surface area (TPSA) is 49.9 Å². The van der Waals surface area contributed by atoms with Gasteiger partial charge in [0.25, 0.3) is 0 Å². The van der Waals surface area contributed by atoms with Gasteiger partial charge in [-0.15, -0.1) is 0 Å². The predicted octanol–water partition coefficient (Wildman–Crippen LogP) is 3.83. The van der Waals surface area contributed by atoms with E-state index in [9.17, 15) is 0 Å². The molecule has 0 bridgehead atoms. The van der Waals surface area contributed by atoms with Crippen LogP contribution < -0.4 is 10.1 Å². The van der Waals surface area contributed by atoms with Crippen LogP contribution in [0.15, 0.2) is 61.6 Å². The maximum absolute atomic E-state index is 5.18. The first-order valence-electron chi connectivity index (χ1n) is 5.93. The molecule has 3 aromatic rings. The van der Waals surface area contributed by atoms with Crippen molar-refractivity contribution in [1.29, 1.82) is 0 Å². The molecule has 2 N–H and O–H groups in total. The molecule has 0 radical (unpaired) electrons. The number of fused-ring (bicyclic) bond motifs is 1. The van der Waals surface area contributed by atoms with Crippen LogP contribution in [0.25, 0.3) is 11.0 Å². The molecule has 0 aliphatic rings. The molecule has 4 nitrogen and oxygen atoms in total. The van der Waals surface area contributed by atoms with E-state index in [1.807, 2.05) is 42.6 Å². The van der Waals surface area contributed by atoms with E-state index in [-0.39, 0.29) is 0 Å². The van der Waals surface area contributed by atoms with Crippen molar-refractivity contribution < 1.29 is 4.74 Å². The van der Waals surface area contributed by atoms with E-state index in [2.05, 4.69) is 21.9 Å². The highest BCUT2D eigenvalue weighted by Gasteiger charge is 1.99. The minimum Gasteiger partial charge on any atom is -0.466 e. The van der Waals surface area contributed by atoms with Gasteiger partial charge in [0.2, 0.25) is 0 Å². The van der Waals surface area contributed by atoms with E-state index in [1.54, 1.807) is 6.20 Å². The summed E-state index contributed by atoms with van der Waals surface area (Å²) in [5, 5.41) is 4.38. The molecule has 0 saturated heterocycles. The molecule has 2 heterocycles. The fourth-order valence-corrected chi connectivity index (χ4v) is 1.89. The van der Waals surface area contributed by atoms with Crippen LogP contribution in [-0.2, 0) is 0 Å². The van der Waals surface area contributed by atoms with Crippen LogP contribution in [0.1, 0.15) is 0 Å². The number of aromatic amines is 1. The summed E-state index contributed by atoms with van der Waals surface area (Å²) in [6.45, 7) is 3.52. The number of hydrogen-bond acceptors (Lipinski definition) is 3. The van der Waals surface area contributed by atoms with Crippen molar-refractivity contribution in [2.75, 3.05) is 5.32 Å². The maximum atomic E-state index is 5.18. The van der Waals surface area contributed by atoms with Crippen molar-refractivity contribution in [3.8, 4) is 5.75 Å². The smallest absolute Gasteiger partial charge is 0.137 e. The largest absolute Gasteiger partial charge is 0.466 e. The standard InChI is InChI=1S/C15H13N3O/c1-2-19-14-5-3-12(4-6-14)18-13-9-11-7-8-16-15(11)17-10-13/h2-10,18H,1H2,(H,16,17). The molecule has 0 unspecified atom stereocenters. The highest BCUT2D eigenvalue weighted by molar-refractivity contribution is 5.80. The summed E-state index contributed by atoms with van der Waals surface area (Å²) in [6.07, 6.45) is 5.09. The van der Waals surface area contributed by atoms with Gasteiger partial charge in [0.05, 0.1) is 18.1 Å². The lowest BCUT2D eigenvalue weighted by molar-refractivity contribution is 0.483. The van der Waals surface area contributed by atoms with E-state index < -0.39 is 0 Å². The first kappa shape index (κ1) is 11.3. The normalized spacial score (nSPS) is 10.3. The molecule has 0 aliphatic carbocycles. The highest BCUT2D eigenvalue weighted by atomic mass is 16.5. The summed E-state index contributed by atoms with van der Waals surface area (Å²) in [4.78, 5) is 7.40. The summed E-state index contributed by atoms with van der Waals surface area (Å²) in [6, 6.07) is 11.7. The summed E-state index contributed by atoms with van der Waals surface area (Å²) in [5.74, 6) is 0.764. The molecule has 4 heteroatoms. The molecule has 0 atom stereocenters. The molecule has 2 aromatic heterocycles. The average Bonchev–Trinajstić information content (AvgIpc) is 2.89. The second kappa shape index (κ2) is 4.86. The number of hydrogen-bond donors (Lipinski definition) is 2. The zero-order chi connectivity index (χ0) is 13.1. The number of pyridine rings is 1. The Morgan fingerprint density at radius 1 is 1.16 bits per heavy atom. The van der Waals surface area contributed by atoms with Crippen LogP contribution in [0.2, 0.25) is 0 Å². The van der Waals surface area contributed by atoms with E-state index in [0.717, 1.165) is 28.2 Å². The number of nitrogens with zero attached hydrogens (tertiary/aromatic N) is 1. The van der Waals surface area contributed by atoms with Gasteiger partial charge in [-0.3, -0.25) is 0 Å². The Hall–Kier alpha value is -2.75. The molecule has 0 amide bonds. The van der Waals surface area contributed by atoms with Crippen molar-refractivity contribution in [2.24, 2.45) is 0 Å². The van der Waals surface area contributed by atoms with Gasteiger partial charge < -0.3 is 15.0 Å². The molecular weight excluding hydrogens is 238 g/mol. The van der Waals surface area contributed by atoms with Gasteiger partial charge in [-0.2, -0.15) is 0 Å². The molecule has 0 fully saturated rings. The third-order valence-electron chi connectivity index (χ3n) is 2.76. The summed E-state index contributed by atoms with van der Waals surface area (Å²) < 4.78 is 5.18. The van der Waals surface area contributed by atoms with E-state index in [0.29, 0.717) is 0 Å². The van der Waals surface area contributed by atoms with E-state index >= 15 is 0 Å². The SMILES string of the molecule is C=COc1ccc(Nc2cnc3[nH]ccc3c2)cc1. The molecule has 94 valence electrons.